The number of rotatable bonds is 7. The highest BCUT2D eigenvalue weighted by molar-refractivity contribution is 8.14. The number of aryl methyl sites for hydroxylation is 3. The van der Waals surface area contributed by atoms with Crippen molar-refractivity contribution < 1.29 is 19.1 Å². The Balaban J connectivity index is 1.49. The maximum atomic E-state index is 12.9. The number of carbonyl (C=O) groups is 3. The third-order valence-corrected chi connectivity index (χ3v) is 8.24. The topological polar surface area (TPSA) is 106 Å². The van der Waals surface area contributed by atoms with E-state index in [0.717, 1.165) is 53.8 Å². The Labute approximate surface area is 219 Å². The molecule has 192 valence electrons. The fourth-order valence-electron chi connectivity index (χ4n) is 4.37. The molecule has 9 nitrogen and oxygen atoms in total. The first-order valence-electron chi connectivity index (χ1n) is 12.2. The largest absolute Gasteiger partial charge is 0.462 e. The van der Waals surface area contributed by atoms with Crippen molar-refractivity contribution in [1.29, 1.82) is 0 Å². The van der Waals surface area contributed by atoms with Crippen molar-refractivity contribution in [2.75, 3.05) is 24.2 Å². The van der Waals surface area contributed by atoms with Gasteiger partial charge in [0.15, 0.2) is 5.17 Å². The smallest absolute Gasteiger partial charge is 0.341 e. The molecule has 0 saturated heterocycles. The number of thiophene rings is 1. The van der Waals surface area contributed by atoms with Crippen molar-refractivity contribution in [2.24, 2.45) is 12.0 Å². The normalized spacial score (nSPS) is 16.7. The zero-order valence-electron chi connectivity index (χ0n) is 21.0. The summed E-state index contributed by atoms with van der Waals surface area (Å²) in [5.41, 5.74) is 3.47. The Morgan fingerprint density at radius 2 is 2.03 bits per heavy atom. The first kappa shape index (κ1) is 26.2. The standard InChI is InChI=1S/C25H31N5O4S2/c1-5-30-23(32)18(12-16-13-29(4)28-15(16)3)26-25(30)35-14-20(31)27-22-21(24(33)34-6-2)17-10-8-7-9-11-19(17)36-22/h12-13H,5-11,14H2,1-4H3,(H,27,31). The summed E-state index contributed by atoms with van der Waals surface area (Å²) in [6.45, 7) is 6.25. The second-order valence-electron chi connectivity index (χ2n) is 8.64. The fraction of sp³-hybridized carbons (Fsp3) is 0.480. The third-order valence-electron chi connectivity index (χ3n) is 6.06. The molecule has 0 radical (unpaired) electrons. The summed E-state index contributed by atoms with van der Waals surface area (Å²) in [6, 6.07) is 0. The highest BCUT2D eigenvalue weighted by Gasteiger charge is 2.31. The molecule has 36 heavy (non-hydrogen) atoms. The van der Waals surface area contributed by atoms with Crippen molar-refractivity contribution >= 4 is 57.1 Å². The number of fused-ring (bicyclic) bond motifs is 1. The number of aliphatic imine (C=N–C) groups is 1. The lowest BCUT2D eigenvalue weighted by molar-refractivity contribution is -0.122. The number of aromatic nitrogens is 2. The number of thioether (sulfide) groups is 1. The number of likely N-dealkylation sites (N-methyl/N-ethyl adjacent to an activating group) is 1. The lowest BCUT2D eigenvalue weighted by Crippen LogP contribution is -2.31. The van der Waals surface area contributed by atoms with E-state index in [1.165, 1.54) is 23.1 Å². The van der Waals surface area contributed by atoms with Crippen molar-refractivity contribution in [2.45, 2.75) is 52.9 Å². The van der Waals surface area contributed by atoms with Gasteiger partial charge < -0.3 is 10.1 Å². The maximum Gasteiger partial charge on any atom is 0.341 e. The van der Waals surface area contributed by atoms with E-state index in [9.17, 15) is 14.4 Å². The van der Waals surface area contributed by atoms with E-state index in [1.54, 1.807) is 22.6 Å². The number of hydrogen-bond acceptors (Lipinski definition) is 8. The number of amidine groups is 1. The molecule has 0 bridgehead atoms. The Morgan fingerprint density at radius 1 is 1.25 bits per heavy atom. The Hall–Kier alpha value is -2.92. The monoisotopic (exact) mass is 529 g/mol. The minimum absolute atomic E-state index is 0.0621. The molecular formula is C25H31N5O4S2. The molecule has 0 atom stereocenters. The molecule has 2 aromatic heterocycles. The number of nitrogens with one attached hydrogen (secondary N) is 1. The summed E-state index contributed by atoms with van der Waals surface area (Å²) in [5, 5.41) is 8.27. The van der Waals surface area contributed by atoms with Crippen LogP contribution in [0.5, 0.6) is 0 Å². The average molecular weight is 530 g/mol. The SMILES string of the molecule is CCOC(=O)c1c(NC(=O)CSC2=NC(=Cc3cn(C)nc3C)C(=O)N2CC)sc2c1CCCCC2. The summed E-state index contributed by atoms with van der Waals surface area (Å²) in [7, 11) is 1.83. The molecule has 0 saturated carbocycles. The third kappa shape index (κ3) is 5.57. The van der Waals surface area contributed by atoms with Gasteiger partial charge in [0.05, 0.1) is 23.6 Å². The van der Waals surface area contributed by atoms with Gasteiger partial charge in [0.25, 0.3) is 5.91 Å². The van der Waals surface area contributed by atoms with Gasteiger partial charge >= 0.3 is 5.97 Å². The van der Waals surface area contributed by atoms with Gasteiger partial charge in [-0.05, 0) is 58.1 Å². The molecule has 4 rings (SSSR count). The van der Waals surface area contributed by atoms with Crippen LogP contribution >= 0.6 is 23.1 Å². The Morgan fingerprint density at radius 3 is 2.72 bits per heavy atom. The van der Waals surface area contributed by atoms with Crippen molar-refractivity contribution in [3.63, 3.8) is 0 Å². The van der Waals surface area contributed by atoms with Gasteiger partial charge in [-0.15, -0.1) is 11.3 Å². The number of carbonyl (C=O) groups excluding carboxylic acids is 3. The lowest BCUT2D eigenvalue weighted by Gasteiger charge is -2.14. The van der Waals surface area contributed by atoms with Gasteiger partial charge in [0.2, 0.25) is 5.91 Å². The van der Waals surface area contributed by atoms with Crippen LogP contribution in [0, 0.1) is 6.92 Å². The quantitative estimate of drug-likeness (QED) is 0.328. The van der Waals surface area contributed by atoms with Crippen LogP contribution in [0.1, 0.15) is 65.2 Å². The molecule has 0 fully saturated rings. The highest BCUT2D eigenvalue weighted by atomic mass is 32.2. The van der Waals surface area contributed by atoms with E-state index in [1.807, 2.05) is 27.1 Å². The highest BCUT2D eigenvalue weighted by Crippen LogP contribution is 2.38. The molecule has 1 aliphatic carbocycles. The molecule has 1 aliphatic heterocycles. The lowest BCUT2D eigenvalue weighted by atomic mass is 10.1. The van der Waals surface area contributed by atoms with Crippen LogP contribution in [0.2, 0.25) is 0 Å². The molecule has 0 unspecified atom stereocenters. The zero-order chi connectivity index (χ0) is 25.8. The molecule has 3 heterocycles. The van der Waals surface area contributed by atoms with Crippen LogP contribution in [-0.4, -0.2) is 56.5 Å². The molecule has 2 amide bonds. The number of hydrogen-bond donors (Lipinski definition) is 1. The van der Waals surface area contributed by atoms with E-state index < -0.39 is 0 Å². The average Bonchev–Trinajstić information content (AvgIpc) is 3.37. The molecule has 0 aromatic carbocycles. The molecule has 0 spiro atoms. The molecule has 2 aromatic rings. The van der Waals surface area contributed by atoms with Gasteiger partial charge in [-0.1, -0.05) is 18.2 Å². The summed E-state index contributed by atoms with van der Waals surface area (Å²) in [4.78, 5) is 45.8. The number of esters is 1. The number of ether oxygens (including phenoxy) is 1. The number of anilines is 1. The minimum Gasteiger partial charge on any atom is -0.462 e. The van der Waals surface area contributed by atoms with Crippen LogP contribution in [-0.2, 0) is 34.2 Å². The van der Waals surface area contributed by atoms with Gasteiger partial charge in [0.1, 0.15) is 10.7 Å². The van der Waals surface area contributed by atoms with Gasteiger partial charge in [-0.2, -0.15) is 5.10 Å². The first-order valence-corrected chi connectivity index (χ1v) is 14.0. The minimum atomic E-state index is -0.386. The van der Waals surface area contributed by atoms with Gasteiger partial charge in [-0.25, -0.2) is 9.79 Å². The van der Waals surface area contributed by atoms with Gasteiger partial charge in [-0.3, -0.25) is 19.2 Å². The van der Waals surface area contributed by atoms with E-state index in [-0.39, 0.29) is 30.1 Å². The van der Waals surface area contributed by atoms with Crippen LogP contribution < -0.4 is 5.32 Å². The molecular weight excluding hydrogens is 498 g/mol. The summed E-state index contributed by atoms with van der Waals surface area (Å²) in [6.07, 6.45) is 8.53. The zero-order valence-corrected chi connectivity index (χ0v) is 22.7. The fourth-order valence-corrected chi connectivity index (χ4v) is 6.53. The maximum absolute atomic E-state index is 12.9. The summed E-state index contributed by atoms with van der Waals surface area (Å²) in [5.74, 6) is -0.778. The van der Waals surface area contributed by atoms with E-state index in [4.69, 9.17) is 4.74 Å². The van der Waals surface area contributed by atoms with Crippen molar-refractivity contribution in [3.8, 4) is 0 Å². The van der Waals surface area contributed by atoms with E-state index in [2.05, 4.69) is 15.4 Å². The van der Waals surface area contributed by atoms with Crippen molar-refractivity contribution in [3.05, 3.63) is 39.2 Å². The summed E-state index contributed by atoms with van der Waals surface area (Å²) >= 11 is 2.68. The predicted molar refractivity (Wildman–Crippen MR) is 143 cm³/mol. The Kier molecular flexibility index (Phi) is 8.30. The predicted octanol–water partition coefficient (Wildman–Crippen LogP) is 4.17. The first-order chi connectivity index (χ1) is 17.3. The second-order valence-corrected chi connectivity index (χ2v) is 10.7. The van der Waals surface area contributed by atoms with E-state index in [0.29, 0.717) is 28.0 Å². The molecule has 11 heteroatoms. The van der Waals surface area contributed by atoms with Crippen LogP contribution in [0.4, 0.5) is 5.00 Å². The second kappa shape index (κ2) is 11.4. The molecule has 1 N–H and O–H groups in total. The number of nitrogens with zero attached hydrogens (tertiary/aromatic N) is 4. The van der Waals surface area contributed by atoms with Crippen molar-refractivity contribution in [1.82, 2.24) is 14.7 Å². The van der Waals surface area contributed by atoms with Gasteiger partial charge in [0, 0.05) is 30.2 Å². The van der Waals surface area contributed by atoms with Crippen LogP contribution in [0.25, 0.3) is 6.08 Å². The summed E-state index contributed by atoms with van der Waals surface area (Å²) < 4.78 is 6.99. The molecule has 2 aliphatic rings. The Bertz CT molecular complexity index is 1240. The van der Waals surface area contributed by atoms with Crippen LogP contribution in [0.3, 0.4) is 0 Å². The number of amides is 2. The van der Waals surface area contributed by atoms with Crippen LogP contribution in [0.15, 0.2) is 16.9 Å². The van der Waals surface area contributed by atoms with E-state index >= 15 is 0 Å².